The second-order valence-electron chi connectivity index (χ2n) is 5.64. The number of rotatable bonds is 8. The van der Waals surface area contributed by atoms with Crippen LogP contribution in [0.15, 0.2) is 72.4 Å². The van der Waals surface area contributed by atoms with Gasteiger partial charge in [0.2, 0.25) is 5.91 Å². The first kappa shape index (κ1) is 17.9. The smallest absolute Gasteiger partial charge is 0.230 e. The maximum Gasteiger partial charge on any atom is 0.230 e. The van der Waals surface area contributed by atoms with E-state index < -0.39 is 0 Å². The average molecular weight is 365 g/mol. The van der Waals surface area contributed by atoms with E-state index >= 15 is 0 Å². The van der Waals surface area contributed by atoms with E-state index in [-0.39, 0.29) is 24.0 Å². The van der Waals surface area contributed by atoms with Gasteiger partial charge in [0.05, 0.1) is 23.3 Å². The van der Waals surface area contributed by atoms with Crippen molar-refractivity contribution in [2.24, 2.45) is 0 Å². The molecule has 0 fully saturated rings. The third kappa shape index (κ3) is 4.21. The molecule has 3 aromatic rings. The van der Waals surface area contributed by atoms with Gasteiger partial charge in [-0.15, -0.1) is 6.58 Å². The molecule has 0 radical (unpaired) electrons. The molecule has 1 amide bonds. The average Bonchev–Trinajstić information content (AvgIpc) is 3.03. The molecule has 1 N–H and O–H groups in total. The zero-order valence-electron chi connectivity index (χ0n) is 14.2. The number of imidazole rings is 1. The first-order chi connectivity index (χ1) is 12.7. The van der Waals surface area contributed by atoms with Crippen molar-refractivity contribution in [3.63, 3.8) is 0 Å². The third-order valence-corrected chi connectivity index (χ3v) is 4.78. The number of Topliss-reactive ketones (excluding diaryl/α,β-unsaturated/α-hetero) is 1. The van der Waals surface area contributed by atoms with Crippen LogP contribution in [-0.4, -0.2) is 33.5 Å². The van der Waals surface area contributed by atoms with Crippen molar-refractivity contribution in [2.45, 2.75) is 11.7 Å². The van der Waals surface area contributed by atoms with E-state index in [0.29, 0.717) is 12.1 Å². The van der Waals surface area contributed by atoms with E-state index in [0.717, 1.165) is 16.2 Å². The monoisotopic (exact) mass is 365 g/mol. The van der Waals surface area contributed by atoms with Crippen LogP contribution in [0.4, 0.5) is 0 Å². The normalized spacial score (nSPS) is 10.6. The summed E-state index contributed by atoms with van der Waals surface area (Å²) < 4.78 is 2.02. The minimum absolute atomic E-state index is 0.00746. The van der Waals surface area contributed by atoms with Crippen LogP contribution in [0.1, 0.15) is 10.4 Å². The van der Waals surface area contributed by atoms with Gasteiger partial charge in [-0.25, -0.2) is 4.98 Å². The first-order valence-corrected chi connectivity index (χ1v) is 9.21. The number of nitrogens with one attached hydrogen (secondary N) is 1. The summed E-state index contributed by atoms with van der Waals surface area (Å²) in [5, 5.41) is 3.43. The Morgan fingerprint density at radius 3 is 2.62 bits per heavy atom. The SMILES string of the molecule is C=CCn1c(SCC(=O)NCC(=O)c2ccccc2)nc2ccccc21. The lowest BCUT2D eigenvalue weighted by molar-refractivity contribution is -0.118. The molecule has 0 saturated heterocycles. The molecule has 132 valence electrons. The Bertz CT molecular complexity index is 935. The van der Waals surface area contributed by atoms with Crippen LogP contribution in [0.25, 0.3) is 11.0 Å². The Kier molecular flexibility index (Phi) is 5.86. The van der Waals surface area contributed by atoms with Crippen LogP contribution < -0.4 is 5.32 Å². The Balaban J connectivity index is 1.59. The van der Waals surface area contributed by atoms with Gasteiger partial charge in [-0.05, 0) is 12.1 Å². The number of aromatic nitrogens is 2. The molecule has 0 spiro atoms. The van der Waals surface area contributed by atoms with Crippen LogP contribution in [0, 0.1) is 0 Å². The van der Waals surface area contributed by atoms with Gasteiger partial charge in [0.15, 0.2) is 10.9 Å². The molecule has 26 heavy (non-hydrogen) atoms. The van der Waals surface area contributed by atoms with E-state index in [1.165, 1.54) is 11.8 Å². The summed E-state index contributed by atoms with van der Waals surface area (Å²) in [5.41, 5.74) is 2.49. The molecule has 0 unspecified atom stereocenters. The van der Waals surface area contributed by atoms with E-state index in [9.17, 15) is 9.59 Å². The molecule has 0 saturated carbocycles. The molecular weight excluding hydrogens is 346 g/mol. The van der Waals surface area contributed by atoms with Crippen molar-refractivity contribution in [2.75, 3.05) is 12.3 Å². The topological polar surface area (TPSA) is 64.0 Å². The summed E-state index contributed by atoms with van der Waals surface area (Å²) in [6, 6.07) is 16.8. The lowest BCUT2D eigenvalue weighted by Gasteiger charge is -2.07. The summed E-state index contributed by atoms with van der Waals surface area (Å²) >= 11 is 1.35. The van der Waals surface area contributed by atoms with Gasteiger partial charge >= 0.3 is 0 Å². The van der Waals surface area contributed by atoms with Crippen molar-refractivity contribution in [3.8, 4) is 0 Å². The number of hydrogen-bond acceptors (Lipinski definition) is 4. The lowest BCUT2D eigenvalue weighted by atomic mass is 10.1. The molecule has 2 aromatic carbocycles. The standard InChI is InChI=1S/C20H19N3O2S/c1-2-12-23-17-11-7-6-10-16(17)22-20(23)26-14-19(25)21-13-18(24)15-8-4-3-5-9-15/h2-11H,1,12-14H2,(H,21,25). The second-order valence-corrected chi connectivity index (χ2v) is 6.58. The van der Waals surface area contributed by atoms with Crippen molar-refractivity contribution >= 4 is 34.5 Å². The highest BCUT2D eigenvalue weighted by atomic mass is 32.2. The molecule has 1 heterocycles. The number of benzene rings is 2. The molecule has 0 aliphatic carbocycles. The van der Waals surface area contributed by atoms with Crippen LogP contribution >= 0.6 is 11.8 Å². The highest BCUT2D eigenvalue weighted by Gasteiger charge is 2.13. The second kappa shape index (κ2) is 8.49. The number of ketones is 1. The summed E-state index contributed by atoms with van der Waals surface area (Å²) in [6.45, 7) is 4.40. The fraction of sp³-hybridized carbons (Fsp3) is 0.150. The lowest BCUT2D eigenvalue weighted by Crippen LogP contribution is -2.30. The van der Waals surface area contributed by atoms with Gasteiger partial charge in [0.1, 0.15) is 0 Å². The number of para-hydroxylation sites is 2. The minimum Gasteiger partial charge on any atom is -0.348 e. The molecule has 1 aromatic heterocycles. The highest BCUT2D eigenvalue weighted by Crippen LogP contribution is 2.23. The van der Waals surface area contributed by atoms with E-state index in [1.54, 1.807) is 30.3 Å². The predicted molar refractivity (Wildman–Crippen MR) is 104 cm³/mol. The van der Waals surface area contributed by atoms with Gasteiger partial charge in [-0.1, -0.05) is 60.3 Å². The molecule has 0 aliphatic heterocycles. The van der Waals surface area contributed by atoms with Gasteiger partial charge in [-0.2, -0.15) is 0 Å². The Morgan fingerprint density at radius 2 is 1.85 bits per heavy atom. The first-order valence-electron chi connectivity index (χ1n) is 8.23. The molecule has 0 aliphatic rings. The van der Waals surface area contributed by atoms with E-state index in [1.807, 2.05) is 34.9 Å². The number of thioether (sulfide) groups is 1. The zero-order valence-corrected chi connectivity index (χ0v) is 15.0. The summed E-state index contributed by atoms with van der Waals surface area (Å²) in [7, 11) is 0. The fourth-order valence-electron chi connectivity index (χ4n) is 2.56. The molecule has 0 bridgehead atoms. The van der Waals surface area contributed by atoms with Crippen molar-refractivity contribution in [1.82, 2.24) is 14.9 Å². The van der Waals surface area contributed by atoms with Crippen LogP contribution in [0.3, 0.4) is 0 Å². The fourth-order valence-corrected chi connectivity index (χ4v) is 3.41. The maximum absolute atomic E-state index is 12.1. The van der Waals surface area contributed by atoms with Crippen molar-refractivity contribution in [3.05, 3.63) is 72.8 Å². The van der Waals surface area contributed by atoms with Gasteiger partial charge in [0.25, 0.3) is 0 Å². The van der Waals surface area contributed by atoms with Crippen LogP contribution in [0.5, 0.6) is 0 Å². The molecule has 0 atom stereocenters. The minimum atomic E-state index is -0.198. The maximum atomic E-state index is 12.1. The van der Waals surface area contributed by atoms with Crippen molar-refractivity contribution < 1.29 is 9.59 Å². The molecule has 5 nitrogen and oxygen atoms in total. The van der Waals surface area contributed by atoms with Gasteiger partial charge in [0, 0.05) is 12.1 Å². The molecule has 6 heteroatoms. The summed E-state index contributed by atoms with van der Waals surface area (Å²) in [6.07, 6.45) is 1.80. The Hall–Kier alpha value is -2.86. The third-order valence-electron chi connectivity index (χ3n) is 3.81. The van der Waals surface area contributed by atoms with Gasteiger partial charge < -0.3 is 9.88 Å². The number of fused-ring (bicyclic) bond motifs is 1. The van der Waals surface area contributed by atoms with Crippen molar-refractivity contribution in [1.29, 1.82) is 0 Å². The molecular formula is C20H19N3O2S. The van der Waals surface area contributed by atoms with Gasteiger partial charge in [-0.3, -0.25) is 9.59 Å². The number of hydrogen-bond donors (Lipinski definition) is 1. The predicted octanol–water partition coefficient (Wildman–Crippen LogP) is 3.31. The van der Waals surface area contributed by atoms with E-state index in [2.05, 4.69) is 16.9 Å². The highest BCUT2D eigenvalue weighted by molar-refractivity contribution is 7.99. The zero-order chi connectivity index (χ0) is 18.4. The van der Waals surface area contributed by atoms with E-state index in [4.69, 9.17) is 0 Å². The van der Waals surface area contributed by atoms with Crippen LogP contribution in [-0.2, 0) is 11.3 Å². The number of allylic oxidation sites excluding steroid dienone is 1. The number of carbonyl (C=O) groups excluding carboxylic acids is 2. The largest absolute Gasteiger partial charge is 0.348 e. The number of carbonyl (C=O) groups is 2. The number of amides is 1. The van der Waals surface area contributed by atoms with Crippen LogP contribution in [0.2, 0.25) is 0 Å². The Morgan fingerprint density at radius 1 is 1.12 bits per heavy atom. The molecule has 3 rings (SSSR count). The summed E-state index contributed by atoms with van der Waals surface area (Å²) in [5.74, 6) is -0.109. The quantitative estimate of drug-likeness (QED) is 0.378. The summed E-state index contributed by atoms with van der Waals surface area (Å²) in [4.78, 5) is 28.7. The Labute approximate surface area is 156 Å². The number of nitrogens with zero attached hydrogens (tertiary/aromatic N) is 2.